The van der Waals surface area contributed by atoms with Crippen molar-refractivity contribution in [2.45, 2.75) is 38.2 Å². The summed E-state index contributed by atoms with van der Waals surface area (Å²) in [4.78, 5) is 15.3. The first-order valence-electron chi connectivity index (χ1n) is 7.65. The lowest BCUT2D eigenvalue weighted by atomic mass is 9.90. The Labute approximate surface area is 143 Å². The quantitative estimate of drug-likeness (QED) is 0.916. The van der Waals surface area contributed by atoms with Gasteiger partial charge in [0.1, 0.15) is 5.76 Å². The van der Waals surface area contributed by atoms with Crippen molar-refractivity contribution in [2.24, 2.45) is 0 Å². The molecule has 1 aliphatic rings. The average Bonchev–Trinajstić information content (AvgIpc) is 3.13. The number of carbonyl (C=O) groups is 1. The lowest BCUT2D eigenvalue weighted by molar-refractivity contribution is -0.134. The number of amides is 1. The van der Waals surface area contributed by atoms with Crippen molar-refractivity contribution in [2.75, 3.05) is 13.1 Å². The summed E-state index contributed by atoms with van der Waals surface area (Å²) in [6.07, 6.45) is 1.09. The van der Waals surface area contributed by atoms with Crippen LogP contribution in [0.1, 0.15) is 35.0 Å². The number of halogens is 1. The number of aliphatic hydroxyl groups is 1. The summed E-state index contributed by atoms with van der Waals surface area (Å²) in [6.45, 7) is 3.13. The minimum atomic E-state index is -0.509. The second kappa shape index (κ2) is 7.03. The van der Waals surface area contributed by atoms with Crippen LogP contribution in [0.3, 0.4) is 0 Å². The van der Waals surface area contributed by atoms with Crippen molar-refractivity contribution in [3.05, 3.63) is 38.9 Å². The summed E-state index contributed by atoms with van der Waals surface area (Å²) in [6, 6.07) is 3.70. The predicted octanol–water partition coefficient (Wildman–Crippen LogP) is 3.01. The molecule has 124 valence electrons. The van der Waals surface area contributed by atoms with E-state index in [2.05, 4.69) is 23.5 Å². The van der Waals surface area contributed by atoms with Gasteiger partial charge >= 0.3 is 0 Å². The maximum atomic E-state index is 12.3. The number of thiophene rings is 1. The first-order valence-corrected chi connectivity index (χ1v) is 8.91. The Kier molecular flexibility index (Phi) is 5.04. The number of nitrogens with zero attached hydrogens (tertiary/aromatic N) is 2. The van der Waals surface area contributed by atoms with Gasteiger partial charge in [-0.1, -0.05) is 16.8 Å². The molecule has 0 spiro atoms. The highest BCUT2D eigenvalue weighted by molar-refractivity contribution is 7.10. The molecule has 0 unspecified atom stereocenters. The molecule has 0 aromatic carbocycles. The van der Waals surface area contributed by atoms with E-state index in [0.717, 1.165) is 6.42 Å². The van der Waals surface area contributed by atoms with Gasteiger partial charge in [-0.2, -0.15) is 0 Å². The van der Waals surface area contributed by atoms with Gasteiger partial charge in [0.2, 0.25) is 5.91 Å². The third kappa shape index (κ3) is 3.76. The van der Waals surface area contributed by atoms with E-state index < -0.39 is 6.10 Å². The summed E-state index contributed by atoms with van der Waals surface area (Å²) >= 11 is 7.37. The van der Waals surface area contributed by atoms with E-state index in [1.165, 1.54) is 10.4 Å². The van der Waals surface area contributed by atoms with Crippen LogP contribution in [0.25, 0.3) is 0 Å². The Morgan fingerprint density at radius 1 is 1.61 bits per heavy atom. The van der Waals surface area contributed by atoms with E-state index >= 15 is 0 Å². The van der Waals surface area contributed by atoms with Crippen molar-refractivity contribution < 1.29 is 14.4 Å². The first kappa shape index (κ1) is 16.5. The number of carbonyl (C=O) groups excluding carboxylic acids is 1. The summed E-state index contributed by atoms with van der Waals surface area (Å²) in [7, 11) is 0. The molecule has 2 aromatic heterocycles. The Morgan fingerprint density at radius 2 is 2.43 bits per heavy atom. The third-order valence-electron chi connectivity index (χ3n) is 4.29. The molecule has 0 bridgehead atoms. The van der Waals surface area contributed by atoms with E-state index in [9.17, 15) is 9.90 Å². The van der Waals surface area contributed by atoms with Crippen LogP contribution < -0.4 is 0 Å². The lowest BCUT2D eigenvalue weighted by Gasteiger charge is -2.36. The van der Waals surface area contributed by atoms with Crippen molar-refractivity contribution in [3.8, 4) is 0 Å². The summed E-state index contributed by atoms with van der Waals surface area (Å²) < 4.78 is 5.00. The van der Waals surface area contributed by atoms with E-state index in [4.69, 9.17) is 16.1 Å². The van der Waals surface area contributed by atoms with Gasteiger partial charge in [-0.25, -0.2) is 0 Å². The molecule has 1 amide bonds. The fourth-order valence-corrected chi connectivity index (χ4v) is 4.30. The number of β-amino-alcohol motifs (C(OH)–C–C–N with tert-alkyl or cyclic N) is 1. The fourth-order valence-electron chi connectivity index (χ4n) is 3.02. The molecule has 3 rings (SSSR count). The van der Waals surface area contributed by atoms with Crippen molar-refractivity contribution >= 4 is 28.8 Å². The van der Waals surface area contributed by atoms with Crippen LogP contribution in [-0.4, -0.2) is 40.3 Å². The highest BCUT2D eigenvalue weighted by atomic mass is 35.5. The van der Waals surface area contributed by atoms with Crippen LogP contribution in [0.5, 0.6) is 0 Å². The zero-order valence-corrected chi connectivity index (χ0v) is 14.4. The number of aromatic nitrogens is 1. The Balaban J connectivity index is 1.54. The van der Waals surface area contributed by atoms with E-state index in [-0.39, 0.29) is 11.8 Å². The van der Waals surface area contributed by atoms with Gasteiger partial charge in [0.25, 0.3) is 0 Å². The molecule has 1 saturated heterocycles. The topological polar surface area (TPSA) is 66.6 Å². The van der Waals surface area contributed by atoms with Gasteiger partial charge in [-0.05, 0) is 30.4 Å². The minimum Gasteiger partial charge on any atom is -0.391 e. The van der Waals surface area contributed by atoms with Gasteiger partial charge in [-0.15, -0.1) is 11.3 Å². The van der Waals surface area contributed by atoms with Crippen LogP contribution in [0.15, 0.2) is 22.0 Å². The normalized spacial score (nSPS) is 21.6. The van der Waals surface area contributed by atoms with Crippen LogP contribution in [0, 0.1) is 6.92 Å². The number of hydrogen-bond acceptors (Lipinski definition) is 5. The maximum absolute atomic E-state index is 12.3. The summed E-state index contributed by atoms with van der Waals surface area (Å²) in [5.41, 5.74) is 1.22. The monoisotopic (exact) mass is 354 g/mol. The zero-order valence-electron chi connectivity index (χ0n) is 12.9. The maximum Gasteiger partial charge on any atom is 0.223 e. The van der Waals surface area contributed by atoms with Crippen LogP contribution in [-0.2, 0) is 11.2 Å². The molecule has 0 saturated carbocycles. The van der Waals surface area contributed by atoms with E-state index in [1.54, 1.807) is 22.3 Å². The van der Waals surface area contributed by atoms with Crippen molar-refractivity contribution in [1.29, 1.82) is 0 Å². The highest BCUT2D eigenvalue weighted by Gasteiger charge is 2.32. The predicted molar refractivity (Wildman–Crippen MR) is 88.8 cm³/mol. The number of aryl methyl sites for hydroxylation is 2. The van der Waals surface area contributed by atoms with Gasteiger partial charge in [0.15, 0.2) is 5.15 Å². The molecule has 5 nitrogen and oxygen atoms in total. The van der Waals surface area contributed by atoms with Crippen LogP contribution >= 0.6 is 22.9 Å². The van der Waals surface area contributed by atoms with E-state index in [0.29, 0.717) is 36.8 Å². The first-order chi connectivity index (χ1) is 11.0. The fraction of sp³-hybridized carbons (Fsp3) is 0.500. The molecule has 7 heteroatoms. The molecule has 0 radical (unpaired) electrons. The molecule has 2 aromatic rings. The standard InChI is InChI=1S/C16H19ClN2O3S/c1-10-5-7-23-16(10)12-4-6-19(9-13(12)20)15(21)3-2-11-8-14(17)18-22-11/h5,7-8,12-13,20H,2-4,6,9H2,1H3/t12-,13-/m1/s1. The molecular formula is C16H19ClN2O3S. The van der Waals surface area contributed by atoms with Crippen molar-refractivity contribution in [1.82, 2.24) is 10.1 Å². The van der Waals surface area contributed by atoms with Gasteiger partial charge < -0.3 is 14.5 Å². The number of likely N-dealkylation sites (tertiary alicyclic amines) is 1. The Bertz CT molecular complexity index is 684. The molecule has 23 heavy (non-hydrogen) atoms. The van der Waals surface area contributed by atoms with Gasteiger partial charge in [0, 0.05) is 42.8 Å². The highest BCUT2D eigenvalue weighted by Crippen LogP contribution is 2.34. The molecule has 1 aliphatic heterocycles. The summed E-state index contributed by atoms with van der Waals surface area (Å²) in [5.74, 6) is 0.762. The number of aliphatic hydroxyl groups excluding tert-OH is 1. The SMILES string of the molecule is Cc1ccsc1[C@@H]1CCN(C(=O)CCc2cc(Cl)no2)C[C@H]1O. The molecule has 1 N–H and O–H groups in total. The second-order valence-electron chi connectivity index (χ2n) is 5.89. The Hall–Kier alpha value is -1.37. The molecular weight excluding hydrogens is 336 g/mol. The number of hydrogen-bond donors (Lipinski definition) is 1. The van der Waals surface area contributed by atoms with Crippen LogP contribution in [0.2, 0.25) is 5.15 Å². The molecule has 2 atom stereocenters. The average molecular weight is 355 g/mol. The Morgan fingerprint density at radius 3 is 3.04 bits per heavy atom. The molecule has 3 heterocycles. The van der Waals surface area contributed by atoms with Gasteiger partial charge in [0.05, 0.1) is 6.10 Å². The summed E-state index contributed by atoms with van der Waals surface area (Å²) in [5, 5.41) is 16.4. The largest absolute Gasteiger partial charge is 0.391 e. The number of piperidine rings is 1. The number of rotatable bonds is 4. The van der Waals surface area contributed by atoms with Gasteiger partial charge in [-0.3, -0.25) is 4.79 Å². The lowest BCUT2D eigenvalue weighted by Crippen LogP contribution is -2.45. The third-order valence-corrected chi connectivity index (χ3v) is 5.62. The van der Waals surface area contributed by atoms with Crippen LogP contribution in [0.4, 0.5) is 0 Å². The molecule has 0 aliphatic carbocycles. The zero-order chi connectivity index (χ0) is 16.4. The smallest absolute Gasteiger partial charge is 0.223 e. The molecule has 1 fully saturated rings. The van der Waals surface area contributed by atoms with E-state index in [1.807, 2.05) is 0 Å². The second-order valence-corrected chi connectivity index (χ2v) is 7.22. The van der Waals surface area contributed by atoms with Crippen molar-refractivity contribution in [3.63, 3.8) is 0 Å². The minimum absolute atomic E-state index is 0.0259.